The van der Waals surface area contributed by atoms with Crippen LogP contribution in [-0.2, 0) is 10.7 Å². The Hall–Kier alpha value is -1.02. The van der Waals surface area contributed by atoms with Gasteiger partial charge in [0.25, 0.3) is 0 Å². The number of aliphatic carboxylic acids is 1. The average Bonchev–Trinajstić information content (AvgIpc) is 2.45. The molecule has 1 N–H and O–H groups in total. The lowest BCUT2D eigenvalue weighted by molar-refractivity contribution is -0.142. The van der Waals surface area contributed by atoms with Crippen molar-refractivity contribution in [2.24, 2.45) is 5.92 Å². The number of hydrogen-bond acceptors (Lipinski definition) is 1. The molecule has 108 valence electrons. The van der Waals surface area contributed by atoms with Crippen molar-refractivity contribution in [3.63, 3.8) is 0 Å². The van der Waals surface area contributed by atoms with Crippen LogP contribution < -0.4 is 0 Å². The highest BCUT2D eigenvalue weighted by Gasteiger charge is 2.13. The van der Waals surface area contributed by atoms with Crippen LogP contribution in [0.5, 0.6) is 0 Å². The third-order valence-corrected chi connectivity index (χ3v) is 3.30. The third kappa shape index (κ3) is 9.54. The number of rotatable bonds is 7. The second kappa shape index (κ2) is 12.0. The quantitative estimate of drug-likeness (QED) is 0.558. The van der Waals surface area contributed by atoms with Gasteiger partial charge in [0, 0.05) is 5.88 Å². The van der Waals surface area contributed by atoms with Gasteiger partial charge in [-0.1, -0.05) is 63.4 Å². The van der Waals surface area contributed by atoms with Crippen LogP contribution in [0, 0.1) is 5.92 Å². The minimum Gasteiger partial charge on any atom is -0.481 e. The average molecular weight is 285 g/mol. The highest BCUT2D eigenvalue weighted by atomic mass is 35.5. The maximum atomic E-state index is 10.5. The SMILES string of the molecule is CCCCCC(CC)C(=O)O.ClCc1ccccc1. The first-order valence-corrected chi connectivity index (χ1v) is 7.51. The molecular formula is C16H25ClO2. The smallest absolute Gasteiger partial charge is 0.306 e. The van der Waals surface area contributed by atoms with Crippen LogP contribution in [0.25, 0.3) is 0 Å². The minimum absolute atomic E-state index is 0.110. The van der Waals surface area contributed by atoms with Crippen LogP contribution >= 0.6 is 11.6 Å². The number of hydrogen-bond donors (Lipinski definition) is 1. The number of carboxylic acid groups (broad SMARTS) is 1. The number of unbranched alkanes of at least 4 members (excludes halogenated alkanes) is 2. The van der Waals surface area contributed by atoms with Crippen molar-refractivity contribution in [2.75, 3.05) is 0 Å². The number of alkyl halides is 1. The van der Waals surface area contributed by atoms with E-state index >= 15 is 0 Å². The van der Waals surface area contributed by atoms with Gasteiger partial charge in [0.15, 0.2) is 0 Å². The molecule has 0 bridgehead atoms. The van der Waals surface area contributed by atoms with E-state index in [1.165, 1.54) is 5.56 Å². The van der Waals surface area contributed by atoms with Crippen molar-refractivity contribution in [2.45, 2.75) is 51.8 Å². The fourth-order valence-corrected chi connectivity index (χ4v) is 1.89. The topological polar surface area (TPSA) is 37.3 Å². The van der Waals surface area contributed by atoms with Gasteiger partial charge in [0.2, 0.25) is 0 Å². The number of carbonyl (C=O) groups is 1. The van der Waals surface area contributed by atoms with Crippen molar-refractivity contribution < 1.29 is 9.90 Å². The van der Waals surface area contributed by atoms with E-state index in [1.54, 1.807) is 0 Å². The molecule has 0 amide bonds. The first kappa shape index (κ1) is 18.0. The molecule has 0 saturated carbocycles. The number of benzene rings is 1. The van der Waals surface area contributed by atoms with Crippen LogP contribution in [0.1, 0.15) is 51.5 Å². The van der Waals surface area contributed by atoms with Crippen LogP contribution in [-0.4, -0.2) is 11.1 Å². The van der Waals surface area contributed by atoms with Gasteiger partial charge < -0.3 is 5.11 Å². The van der Waals surface area contributed by atoms with Gasteiger partial charge in [0.1, 0.15) is 0 Å². The molecule has 1 atom stereocenters. The maximum absolute atomic E-state index is 10.5. The van der Waals surface area contributed by atoms with E-state index in [0.717, 1.165) is 32.1 Å². The summed E-state index contributed by atoms with van der Waals surface area (Å²) in [5.41, 5.74) is 1.18. The summed E-state index contributed by atoms with van der Waals surface area (Å²) in [5, 5.41) is 8.67. The van der Waals surface area contributed by atoms with E-state index in [1.807, 2.05) is 37.3 Å². The zero-order valence-electron chi connectivity index (χ0n) is 11.9. The zero-order valence-corrected chi connectivity index (χ0v) is 12.7. The van der Waals surface area contributed by atoms with E-state index in [0.29, 0.717) is 5.88 Å². The van der Waals surface area contributed by atoms with Gasteiger partial charge in [-0.25, -0.2) is 0 Å². The summed E-state index contributed by atoms with van der Waals surface area (Å²) >= 11 is 5.53. The molecule has 0 aliphatic heterocycles. The second-order valence-corrected chi connectivity index (χ2v) is 4.83. The first-order chi connectivity index (χ1) is 9.15. The standard InChI is InChI=1S/C9H18O2.C7H7Cl/c1-3-5-6-7-8(4-2)9(10)11;8-6-7-4-2-1-3-5-7/h8H,3-7H2,1-2H3,(H,10,11);1-5H,6H2. The summed E-state index contributed by atoms with van der Waals surface area (Å²) in [7, 11) is 0. The van der Waals surface area contributed by atoms with E-state index < -0.39 is 5.97 Å². The van der Waals surface area contributed by atoms with Gasteiger partial charge in [0.05, 0.1) is 5.92 Å². The van der Waals surface area contributed by atoms with E-state index in [2.05, 4.69) is 6.92 Å². The molecule has 3 heteroatoms. The molecule has 1 rings (SSSR count). The summed E-state index contributed by atoms with van der Waals surface area (Å²) in [4.78, 5) is 10.5. The summed E-state index contributed by atoms with van der Waals surface area (Å²) in [6.07, 6.45) is 4.99. The lowest BCUT2D eigenvalue weighted by Crippen LogP contribution is -2.12. The van der Waals surface area contributed by atoms with Crippen LogP contribution in [0.3, 0.4) is 0 Å². The Balaban J connectivity index is 0.000000356. The monoisotopic (exact) mass is 284 g/mol. The lowest BCUT2D eigenvalue weighted by atomic mass is 9.99. The Morgan fingerprint density at radius 3 is 2.21 bits per heavy atom. The van der Waals surface area contributed by atoms with Crippen LogP contribution in [0.15, 0.2) is 30.3 Å². The maximum Gasteiger partial charge on any atom is 0.306 e. The molecule has 0 radical (unpaired) electrons. The molecule has 2 nitrogen and oxygen atoms in total. The van der Waals surface area contributed by atoms with Gasteiger partial charge >= 0.3 is 5.97 Å². The Morgan fingerprint density at radius 2 is 1.84 bits per heavy atom. The molecular weight excluding hydrogens is 260 g/mol. The molecule has 1 unspecified atom stereocenters. The summed E-state index contributed by atoms with van der Waals surface area (Å²) in [6.45, 7) is 4.06. The van der Waals surface area contributed by atoms with E-state index in [4.69, 9.17) is 16.7 Å². The Bertz CT molecular complexity index is 325. The first-order valence-electron chi connectivity index (χ1n) is 6.98. The fourth-order valence-electron chi connectivity index (χ4n) is 1.71. The van der Waals surface area contributed by atoms with Crippen molar-refractivity contribution in [3.05, 3.63) is 35.9 Å². The van der Waals surface area contributed by atoms with Crippen molar-refractivity contribution in [3.8, 4) is 0 Å². The van der Waals surface area contributed by atoms with Gasteiger partial charge in [-0.15, -0.1) is 11.6 Å². The van der Waals surface area contributed by atoms with Crippen molar-refractivity contribution >= 4 is 17.6 Å². The predicted molar refractivity (Wildman–Crippen MR) is 81.6 cm³/mol. The molecule has 0 fully saturated rings. The van der Waals surface area contributed by atoms with E-state index in [9.17, 15) is 4.79 Å². The molecule has 1 aromatic carbocycles. The fraction of sp³-hybridized carbons (Fsp3) is 0.562. The molecule has 1 aromatic rings. The highest BCUT2D eigenvalue weighted by molar-refractivity contribution is 6.17. The molecule has 0 spiro atoms. The third-order valence-electron chi connectivity index (χ3n) is 3.00. The number of carboxylic acids is 1. The van der Waals surface area contributed by atoms with Gasteiger partial charge in [-0.2, -0.15) is 0 Å². The molecule has 0 heterocycles. The lowest BCUT2D eigenvalue weighted by Gasteiger charge is -2.07. The summed E-state index contributed by atoms with van der Waals surface area (Å²) < 4.78 is 0. The van der Waals surface area contributed by atoms with Crippen molar-refractivity contribution in [1.82, 2.24) is 0 Å². The molecule has 0 aliphatic carbocycles. The largest absolute Gasteiger partial charge is 0.481 e. The van der Waals surface area contributed by atoms with Crippen LogP contribution in [0.4, 0.5) is 0 Å². The minimum atomic E-state index is -0.636. The zero-order chi connectivity index (χ0) is 14.5. The Morgan fingerprint density at radius 1 is 1.21 bits per heavy atom. The Labute approximate surface area is 121 Å². The molecule has 0 aromatic heterocycles. The molecule has 0 aliphatic rings. The highest BCUT2D eigenvalue weighted by Crippen LogP contribution is 2.13. The van der Waals surface area contributed by atoms with Crippen molar-refractivity contribution in [1.29, 1.82) is 0 Å². The van der Waals surface area contributed by atoms with Gasteiger partial charge in [-0.3, -0.25) is 4.79 Å². The molecule has 0 saturated heterocycles. The predicted octanol–water partition coefficient (Wildman–Crippen LogP) is 5.10. The normalized spacial score (nSPS) is 11.3. The summed E-state index contributed by atoms with van der Waals surface area (Å²) in [6, 6.07) is 9.96. The second-order valence-electron chi connectivity index (χ2n) is 4.56. The Kier molecular flexibility index (Phi) is 11.4. The van der Waals surface area contributed by atoms with Gasteiger partial charge in [-0.05, 0) is 18.4 Å². The summed E-state index contributed by atoms with van der Waals surface area (Å²) in [5.74, 6) is -0.133. The number of halogens is 1. The van der Waals surface area contributed by atoms with Crippen LogP contribution in [0.2, 0.25) is 0 Å². The molecule has 19 heavy (non-hydrogen) atoms. The van der Waals surface area contributed by atoms with E-state index in [-0.39, 0.29) is 5.92 Å².